The van der Waals surface area contributed by atoms with Gasteiger partial charge in [-0.2, -0.15) is 0 Å². The third-order valence-electron chi connectivity index (χ3n) is 3.95. The van der Waals surface area contributed by atoms with E-state index in [1.54, 1.807) is 12.1 Å². The summed E-state index contributed by atoms with van der Waals surface area (Å²) in [5.74, 6) is 0.297. The lowest BCUT2D eigenvalue weighted by molar-refractivity contribution is 0.475. The molecular formula is C20H14O. The summed E-state index contributed by atoms with van der Waals surface area (Å²) in [7, 11) is 0. The Morgan fingerprint density at radius 1 is 0.524 bits per heavy atom. The summed E-state index contributed by atoms with van der Waals surface area (Å²) in [6.45, 7) is 0. The number of benzene rings is 4. The van der Waals surface area contributed by atoms with Crippen LogP contribution in [0.4, 0.5) is 0 Å². The van der Waals surface area contributed by atoms with Gasteiger partial charge in [-0.25, -0.2) is 0 Å². The minimum absolute atomic E-state index is 0.297. The molecule has 1 heteroatoms. The second-order valence-electron chi connectivity index (χ2n) is 5.27. The second-order valence-corrected chi connectivity index (χ2v) is 5.27. The van der Waals surface area contributed by atoms with Crippen LogP contribution < -0.4 is 0 Å². The Hall–Kier alpha value is -2.80. The molecule has 21 heavy (non-hydrogen) atoms. The van der Waals surface area contributed by atoms with Crippen LogP contribution in [0.5, 0.6) is 5.75 Å². The summed E-state index contributed by atoms with van der Waals surface area (Å²) in [6.07, 6.45) is 0. The Balaban J connectivity index is 1.94. The van der Waals surface area contributed by atoms with Crippen LogP contribution in [-0.2, 0) is 0 Å². The van der Waals surface area contributed by atoms with Crippen LogP contribution in [0, 0.1) is 0 Å². The number of phenols is 1. The summed E-state index contributed by atoms with van der Waals surface area (Å²) in [6, 6.07) is 26.6. The van der Waals surface area contributed by atoms with Crippen molar-refractivity contribution in [2.45, 2.75) is 0 Å². The zero-order chi connectivity index (χ0) is 14.2. The van der Waals surface area contributed by atoms with Gasteiger partial charge >= 0.3 is 0 Å². The van der Waals surface area contributed by atoms with Crippen LogP contribution in [-0.4, -0.2) is 5.11 Å². The fraction of sp³-hybridized carbons (Fsp3) is 0. The summed E-state index contributed by atoms with van der Waals surface area (Å²) in [4.78, 5) is 0. The Morgan fingerprint density at radius 3 is 2.05 bits per heavy atom. The molecule has 4 aromatic rings. The summed E-state index contributed by atoms with van der Waals surface area (Å²) < 4.78 is 0. The molecule has 1 N–H and O–H groups in total. The molecule has 0 spiro atoms. The molecule has 0 atom stereocenters. The van der Waals surface area contributed by atoms with Crippen molar-refractivity contribution in [2.75, 3.05) is 0 Å². The number of hydrogen-bond acceptors (Lipinski definition) is 1. The van der Waals surface area contributed by atoms with Crippen molar-refractivity contribution < 1.29 is 5.11 Å². The molecule has 0 unspecified atom stereocenters. The summed E-state index contributed by atoms with van der Waals surface area (Å²) >= 11 is 0. The maximum absolute atomic E-state index is 9.39. The number of fused-ring (bicyclic) bond motifs is 3. The molecule has 0 aliphatic carbocycles. The van der Waals surface area contributed by atoms with E-state index in [2.05, 4.69) is 54.6 Å². The average Bonchev–Trinajstić information content (AvgIpc) is 2.55. The SMILES string of the molecule is Oc1ccc(-c2ccc3c(ccc4ccccc43)c2)cc1. The average molecular weight is 270 g/mol. The lowest BCUT2D eigenvalue weighted by Crippen LogP contribution is -1.81. The van der Waals surface area contributed by atoms with Crippen molar-refractivity contribution in [3.05, 3.63) is 78.9 Å². The quantitative estimate of drug-likeness (QED) is 0.461. The van der Waals surface area contributed by atoms with Gasteiger partial charge in [-0.3, -0.25) is 0 Å². The van der Waals surface area contributed by atoms with Crippen molar-refractivity contribution in [3.8, 4) is 16.9 Å². The maximum Gasteiger partial charge on any atom is 0.115 e. The van der Waals surface area contributed by atoms with Crippen molar-refractivity contribution in [3.63, 3.8) is 0 Å². The molecule has 4 aromatic carbocycles. The molecule has 1 nitrogen and oxygen atoms in total. The second kappa shape index (κ2) is 4.64. The molecular weight excluding hydrogens is 256 g/mol. The van der Waals surface area contributed by atoms with E-state index in [1.165, 1.54) is 21.5 Å². The molecule has 0 saturated carbocycles. The molecule has 0 amide bonds. The predicted molar refractivity (Wildman–Crippen MR) is 88.6 cm³/mol. The van der Waals surface area contributed by atoms with E-state index in [-0.39, 0.29) is 0 Å². The molecule has 100 valence electrons. The minimum atomic E-state index is 0.297. The van der Waals surface area contributed by atoms with Gasteiger partial charge in [0, 0.05) is 0 Å². The van der Waals surface area contributed by atoms with E-state index in [1.807, 2.05) is 12.1 Å². The van der Waals surface area contributed by atoms with Gasteiger partial charge in [0.25, 0.3) is 0 Å². The Kier molecular flexibility index (Phi) is 2.65. The first-order valence-corrected chi connectivity index (χ1v) is 7.02. The standard InChI is InChI=1S/C20H14O/c21-18-10-7-14(8-11-18)16-9-12-20-17(13-16)6-5-15-3-1-2-4-19(15)20/h1-13,21H. The Labute approximate surface area is 123 Å². The fourth-order valence-electron chi connectivity index (χ4n) is 2.85. The van der Waals surface area contributed by atoms with Crippen LogP contribution in [0.2, 0.25) is 0 Å². The first-order valence-electron chi connectivity index (χ1n) is 7.02. The first kappa shape index (κ1) is 12.0. The monoisotopic (exact) mass is 270 g/mol. The van der Waals surface area contributed by atoms with Crippen LogP contribution in [0.3, 0.4) is 0 Å². The number of phenolic OH excluding ortho intramolecular Hbond substituents is 1. The van der Waals surface area contributed by atoms with Gasteiger partial charge in [-0.05, 0) is 50.9 Å². The van der Waals surface area contributed by atoms with E-state index in [0.29, 0.717) is 5.75 Å². The molecule has 0 radical (unpaired) electrons. The zero-order valence-corrected chi connectivity index (χ0v) is 11.5. The smallest absolute Gasteiger partial charge is 0.115 e. The number of rotatable bonds is 1. The molecule has 4 rings (SSSR count). The van der Waals surface area contributed by atoms with Crippen molar-refractivity contribution in [1.82, 2.24) is 0 Å². The molecule has 0 saturated heterocycles. The fourth-order valence-corrected chi connectivity index (χ4v) is 2.85. The maximum atomic E-state index is 9.39. The normalized spacial score (nSPS) is 11.0. The highest BCUT2D eigenvalue weighted by Gasteiger charge is 2.03. The van der Waals surface area contributed by atoms with E-state index in [4.69, 9.17) is 0 Å². The van der Waals surface area contributed by atoms with E-state index in [9.17, 15) is 5.11 Å². The topological polar surface area (TPSA) is 20.2 Å². The van der Waals surface area contributed by atoms with Crippen molar-refractivity contribution >= 4 is 21.5 Å². The molecule has 0 bridgehead atoms. The van der Waals surface area contributed by atoms with Gasteiger partial charge in [0.1, 0.15) is 5.75 Å². The third-order valence-corrected chi connectivity index (χ3v) is 3.95. The number of aromatic hydroxyl groups is 1. The predicted octanol–water partition coefficient (Wildman–Crippen LogP) is 5.37. The Bertz CT molecular complexity index is 937. The van der Waals surface area contributed by atoms with Crippen LogP contribution >= 0.6 is 0 Å². The molecule has 0 heterocycles. The van der Waals surface area contributed by atoms with Crippen LogP contribution in [0.25, 0.3) is 32.7 Å². The number of hydrogen-bond donors (Lipinski definition) is 1. The molecule has 0 aromatic heterocycles. The Morgan fingerprint density at radius 2 is 1.19 bits per heavy atom. The van der Waals surface area contributed by atoms with Gasteiger partial charge in [0.15, 0.2) is 0 Å². The summed E-state index contributed by atoms with van der Waals surface area (Å²) in [5, 5.41) is 14.5. The van der Waals surface area contributed by atoms with Gasteiger partial charge in [0.2, 0.25) is 0 Å². The van der Waals surface area contributed by atoms with Gasteiger partial charge in [-0.15, -0.1) is 0 Å². The highest BCUT2D eigenvalue weighted by molar-refractivity contribution is 6.08. The minimum Gasteiger partial charge on any atom is -0.508 e. The van der Waals surface area contributed by atoms with E-state index < -0.39 is 0 Å². The molecule has 0 aliphatic heterocycles. The largest absolute Gasteiger partial charge is 0.508 e. The van der Waals surface area contributed by atoms with E-state index in [0.717, 1.165) is 11.1 Å². The van der Waals surface area contributed by atoms with Gasteiger partial charge < -0.3 is 5.11 Å². The van der Waals surface area contributed by atoms with E-state index >= 15 is 0 Å². The summed E-state index contributed by atoms with van der Waals surface area (Å²) in [5.41, 5.74) is 2.28. The lowest BCUT2D eigenvalue weighted by Gasteiger charge is -2.07. The van der Waals surface area contributed by atoms with Gasteiger partial charge in [-0.1, -0.05) is 60.7 Å². The zero-order valence-electron chi connectivity index (χ0n) is 11.5. The van der Waals surface area contributed by atoms with Crippen molar-refractivity contribution in [1.29, 1.82) is 0 Å². The first-order chi connectivity index (χ1) is 10.3. The van der Waals surface area contributed by atoms with Crippen LogP contribution in [0.1, 0.15) is 0 Å². The van der Waals surface area contributed by atoms with Crippen LogP contribution in [0.15, 0.2) is 78.9 Å². The lowest BCUT2D eigenvalue weighted by atomic mass is 9.97. The highest BCUT2D eigenvalue weighted by Crippen LogP contribution is 2.30. The molecule has 0 fully saturated rings. The molecule has 0 aliphatic rings. The van der Waals surface area contributed by atoms with Gasteiger partial charge in [0.05, 0.1) is 0 Å². The van der Waals surface area contributed by atoms with Crippen molar-refractivity contribution in [2.24, 2.45) is 0 Å². The highest BCUT2D eigenvalue weighted by atomic mass is 16.3. The third kappa shape index (κ3) is 2.03.